The van der Waals surface area contributed by atoms with Crippen LogP contribution in [0.1, 0.15) is 0 Å². The average Bonchev–Trinajstić information content (AvgIpc) is 2.27. The Hall–Kier alpha value is -1.08. The van der Waals surface area contributed by atoms with Crippen molar-refractivity contribution >= 4 is 50.6 Å². The molecule has 0 saturated carbocycles. The molecule has 0 amide bonds. The number of halogens is 3. The molecule has 1 aromatic heterocycles. The first-order valence-corrected chi connectivity index (χ1v) is 7.46. The number of sulfonamides is 1. The van der Waals surface area contributed by atoms with Crippen molar-refractivity contribution in [2.75, 3.05) is 4.72 Å². The summed E-state index contributed by atoms with van der Waals surface area (Å²) in [5.41, 5.74) is 0. The van der Waals surface area contributed by atoms with Crippen LogP contribution in [0.3, 0.4) is 0 Å². The quantitative estimate of drug-likeness (QED) is 0.872. The van der Waals surface area contributed by atoms with Crippen LogP contribution in [0.15, 0.2) is 35.5 Å². The van der Waals surface area contributed by atoms with Crippen LogP contribution in [0, 0.1) is 0 Å². The van der Waals surface area contributed by atoms with E-state index in [4.69, 9.17) is 34.8 Å². The van der Waals surface area contributed by atoms with E-state index in [1.807, 2.05) is 0 Å². The molecule has 0 saturated heterocycles. The van der Waals surface area contributed by atoms with E-state index >= 15 is 0 Å². The Morgan fingerprint density at radius 2 is 1.68 bits per heavy atom. The van der Waals surface area contributed by atoms with E-state index in [2.05, 4.69) is 14.7 Å². The molecule has 0 spiro atoms. The van der Waals surface area contributed by atoms with Gasteiger partial charge in [0.2, 0.25) is 0 Å². The van der Waals surface area contributed by atoms with E-state index in [0.717, 1.165) is 6.33 Å². The Kier molecular flexibility index (Phi) is 4.15. The summed E-state index contributed by atoms with van der Waals surface area (Å²) in [6, 6.07) is 5.67. The molecule has 2 rings (SSSR count). The lowest BCUT2D eigenvalue weighted by Gasteiger charge is -2.10. The molecule has 5 nitrogen and oxygen atoms in total. The highest BCUT2D eigenvalue weighted by Gasteiger charge is 2.22. The molecule has 0 bridgehead atoms. The Morgan fingerprint density at radius 1 is 1.05 bits per heavy atom. The van der Waals surface area contributed by atoms with Gasteiger partial charge >= 0.3 is 0 Å². The van der Waals surface area contributed by atoms with Crippen LogP contribution >= 0.6 is 34.8 Å². The summed E-state index contributed by atoms with van der Waals surface area (Å²) >= 11 is 17.3. The topological polar surface area (TPSA) is 72.0 Å². The maximum absolute atomic E-state index is 12.2. The molecule has 100 valence electrons. The van der Waals surface area contributed by atoms with E-state index in [1.54, 1.807) is 6.07 Å². The number of hydrogen-bond donors (Lipinski definition) is 1. The van der Waals surface area contributed by atoms with E-state index in [-0.39, 0.29) is 25.9 Å². The van der Waals surface area contributed by atoms with Gasteiger partial charge in [0.25, 0.3) is 10.0 Å². The maximum atomic E-state index is 12.2. The molecule has 0 atom stereocenters. The first-order chi connectivity index (χ1) is 8.90. The first-order valence-electron chi connectivity index (χ1n) is 4.84. The monoisotopic (exact) mass is 337 g/mol. The van der Waals surface area contributed by atoms with Crippen molar-refractivity contribution in [1.29, 1.82) is 0 Å². The fourth-order valence-corrected chi connectivity index (χ4v) is 3.61. The van der Waals surface area contributed by atoms with E-state index in [1.165, 1.54) is 18.2 Å². The highest BCUT2D eigenvalue weighted by atomic mass is 35.5. The molecule has 0 aliphatic heterocycles. The lowest BCUT2D eigenvalue weighted by Crippen LogP contribution is -2.15. The number of hydrogen-bond acceptors (Lipinski definition) is 4. The van der Waals surface area contributed by atoms with Crippen LogP contribution in [0.2, 0.25) is 15.2 Å². The number of rotatable bonds is 3. The van der Waals surface area contributed by atoms with Gasteiger partial charge in [-0.2, -0.15) is 0 Å². The van der Waals surface area contributed by atoms with E-state index < -0.39 is 10.0 Å². The highest BCUT2D eigenvalue weighted by Crippen LogP contribution is 2.30. The van der Waals surface area contributed by atoms with Gasteiger partial charge in [-0.25, -0.2) is 18.4 Å². The van der Waals surface area contributed by atoms with Crippen molar-refractivity contribution in [3.63, 3.8) is 0 Å². The molecule has 0 fully saturated rings. The lowest BCUT2D eigenvalue weighted by atomic mass is 10.4. The number of benzene rings is 1. The molecular weight excluding hydrogens is 333 g/mol. The molecule has 0 radical (unpaired) electrons. The van der Waals surface area contributed by atoms with Crippen LogP contribution in [-0.4, -0.2) is 18.4 Å². The lowest BCUT2D eigenvalue weighted by molar-refractivity contribution is 0.601. The van der Waals surface area contributed by atoms with Crippen molar-refractivity contribution < 1.29 is 8.42 Å². The molecule has 0 aliphatic rings. The van der Waals surface area contributed by atoms with Crippen molar-refractivity contribution in [3.05, 3.63) is 45.8 Å². The zero-order valence-electron chi connectivity index (χ0n) is 9.14. The van der Waals surface area contributed by atoms with Gasteiger partial charge in [-0.15, -0.1) is 0 Å². The number of anilines is 1. The second kappa shape index (κ2) is 5.50. The minimum absolute atomic E-state index is 0.0140. The van der Waals surface area contributed by atoms with E-state index in [0.29, 0.717) is 0 Å². The maximum Gasteiger partial charge on any atom is 0.266 e. The zero-order valence-corrected chi connectivity index (χ0v) is 12.2. The van der Waals surface area contributed by atoms with Gasteiger partial charge in [0.15, 0.2) is 0 Å². The van der Waals surface area contributed by atoms with Gasteiger partial charge < -0.3 is 0 Å². The minimum atomic E-state index is -3.95. The molecule has 0 unspecified atom stereocenters. The van der Waals surface area contributed by atoms with Crippen molar-refractivity contribution in [2.45, 2.75) is 4.90 Å². The molecule has 1 heterocycles. The summed E-state index contributed by atoms with van der Waals surface area (Å²) < 4.78 is 26.6. The van der Waals surface area contributed by atoms with Gasteiger partial charge in [0.05, 0.1) is 10.0 Å². The molecule has 19 heavy (non-hydrogen) atoms. The van der Waals surface area contributed by atoms with Crippen molar-refractivity contribution in [3.8, 4) is 0 Å². The first kappa shape index (κ1) is 14.3. The van der Waals surface area contributed by atoms with Gasteiger partial charge in [-0.3, -0.25) is 4.72 Å². The summed E-state index contributed by atoms with van der Waals surface area (Å²) in [6.07, 6.45) is 1.13. The van der Waals surface area contributed by atoms with Crippen LogP contribution in [0.5, 0.6) is 0 Å². The summed E-state index contributed by atoms with van der Waals surface area (Å²) in [7, 11) is -3.95. The van der Waals surface area contributed by atoms with Gasteiger partial charge in [-0.1, -0.05) is 40.9 Å². The molecule has 2 aromatic rings. The predicted octanol–water partition coefficient (Wildman–Crippen LogP) is 3.24. The Morgan fingerprint density at radius 3 is 2.26 bits per heavy atom. The summed E-state index contributed by atoms with van der Waals surface area (Å²) in [5.74, 6) is 0.0241. The van der Waals surface area contributed by atoms with Crippen LogP contribution in [-0.2, 0) is 10.0 Å². The second-order valence-corrected chi connectivity index (χ2v) is 6.20. The third-order valence-corrected chi connectivity index (χ3v) is 4.58. The minimum Gasteiger partial charge on any atom is -0.263 e. The Bertz CT molecular complexity index is 701. The molecule has 1 N–H and O–H groups in total. The SMILES string of the molecule is O=S(=O)(Nc1cc(Cl)ncn1)c1c(Cl)cccc1Cl. The number of aromatic nitrogens is 2. The summed E-state index contributed by atoms with van der Waals surface area (Å²) in [6.45, 7) is 0. The number of nitrogens with zero attached hydrogens (tertiary/aromatic N) is 2. The van der Waals surface area contributed by atoms with Crippen molar-refractivity contribution in [2.24, 2.45) is 0 Å². The zero-order chi connectivity index (χ0) is 14.0. The molecule has 1 aromatic carbocycles. The molecular formula is C10H6Cl3N3O2S. The van der Waals surface area contributed by atoms with Gasteiger partial charge in [-0.05, 0) is 12.1 Å². The normalized spacial score (nSPS) is 11.3. The van der Waals surface area contributed by atoms with Crippen LogP contribution in [0.4, 0.5) is 5.82 Å². The largest absolute Gasteiger partial charge is 0.266 e. The highest BCUT2D eigenvalue weighted by molar-refractivity contribution is 7.93. The van der Waals surface area contributed by atoms with Crippen molar-refractivity contribution in [1.82, 2.24) is 9.97 Å². The van der Waals surface area contributed by atoms with Gasteiger partial charge in [0, 0.05) is 6.07 Å². The number of nitrogens with one attached hydrogen (secondary N) is 1. The predicted molar refractivity (Wildman–Crippen MR) is 74.3 cm³/mol. The third-order valence-electron chi connectivity index (χ3n) is 2.06. The molecule has 9 heteroatoms. The summed E-state index contributed by atoms with van der Waals surface area (Å²) in [5, 5.41) is 0.137. The summed E-state index contributed by atoms with van der Waals surface area (Å²) in [4.78, 5) is 7.17. The second-order valence-electron chi connectivity index (χ2n) is 3.38. The standard InChI is InChI=1S/C10H6Cl3N3O2S/c11-6-2-1-3-7(12)10(6)19(17,18)16-9-4-8(13)14-5-15-9/h1-5H,(H,14,15,16). The third kappa shape index (κ3) is 3.27. The fraction of sp³-hybridized carbons (Fsp3) is 0. The fourth-order valence-electron chi connectivity index (χ4n) is 1.32. The van der Waals surface area contributed by atoms with Gasteiger partial charge in [0.1, 0.15) is 22.2 Å². The van der Waals surface area contributed by atoms with Crippen LogP contribution in [0.25, 0.3) is 0 Å². The Balaban J connectivity index is 2.44. The van der Waals surface area contributed by atoms with E-state index in [9.17, 15) is 8.42 Å². The average molecular weight is 339 g/mol. The smallest absolute Gasteiger partial charge is 0.263 e. The Labute approximate surface area is 124 Å². The van der Waals surface area contributed by atoms with Crippen LogP contribution < -0.4 is 4.72 Å². The molecule has 0 aliphatic carbocycles.